The Balaban J connectivity index is 2.23. The van der Waals surface area contributed by atoms with E-state index in [4.69, 9.17) is 10.5 Å². The molecule has 19 heavy (non-hydrogen) atoms. The van der Waals surface area contributed by atoms with Crippen molar-refractivity contribution in [1.82, 2.24) is 0 Å². The van der Waals surface area contributed by atoms with Gasteiger partial charge in [0.2, 0.25) is 0 Å². The first kappa shape index (κ1) is 14.4. The van der Waals surface area contributed by atoms with Gasteiger partial charge in [0.15, 0.2) is 0 Å². The molecule has 2 nitrogen and oxygen atoms in total. The lowest BCUT2D eigenvalue weighted by molar-refractivity contribution is 0.112. The maximum atomic E-state index is 6.56. The summed E-state index contributed by atoms with van der Waals surface area (Å²) >= 11 is 0. The summed E-state index contributed by atoms with van der Waals surface area (Å²) in [4.78, 5) is 0. The van der Waals surface area contributed by atoms with Crippen LogP contribution in [0.25, 0.3) is 0 Å². The summed E-state index contributed by atoms with van der Waals surface area (Å²) in [6.07, 6.45) is 5.20. The van der Waals surface area contributed by atoms with Crippen molar-refractivity contribution in [2.24, 2.45) is 17.1 Å². The fraction of sp³-hybridized carbons (Fsp3) is 0.647. The van der Waals surface area contributed by atoms with E-state index in [9.17, 15) is 0 Å². The molecule has 1 aromatic rings. The van der Waals surface area contributed by atoms with E-state index in [1.165, 1.54) is 36.8 Å². The molecule has 2 atom stereocenters. The van der Waals surface area contributed by atoms with Gasteiger partial charge in [-0.3, -0.25) is 0 Å². The number of rotatable bonds is 3. The van der Waals surface area contributed by atoms with Crippen molar-refractivity contribution in [3.63, 3.8) is 0 Å². The van der Waals surface area contributed by atoms with E-state index < -0.39 is 0 Å². The summed E-state index contributed by atoms with van der Waals surface area (Å²) in [5.74, 6) is 1.52. The van der Waals surface area contributed by atoms with Crippen LogP contribution in [0.2, 0.25) is 0 Å². The van der Waals surface area contributed by atoms with Gasteiger partial charge in [0.05, 0.1) is 7.11 Å². The number of benzene rings is 1. The molecule has 1 aromatic carbocycles. The van der Waals surface area contributed by atoms with Gasteiger partial charge in [-0.1, -0.05) is 38.8 Å². The van der Waals surface area contributed by atoms with Crippen molar-refractivity contribution in [2.75, 3.05) is 7.11 Å². The quantitative estimate of drug-likeness (QED) is 0.884. The van der Waals surface area contributed by atoms with E-state index in [1.807, 2.05) is 6.07 Å². The van der Waals surface area contributed by atoms with Crippen molar-refractivity contribution in [2.45, 2.75) is 52.5 Å². The molecule has 2 unspecified atom stereocenters. The molecule has 1 saturated carbocycles. The summed E-state index contributed by atoms with van der Waals surface area (Å²) in [6.45, 7) is 6.82. The van der Waals surface area contributed by atoms with Crippen molar-refractivity contribution in [3.05, 3.63) is 29.3 Å². The summed E-state index contributed by atoms with van der Waals surface area (Å²) in [7, 11) is 1.71. The maximum Gasteiger partial charge on any atom is 0.121 e. The summed E-state index contributed by atoms with van der Waals surface area (Å²) in [5, 5.41) is 0. The molecule has 0 spiro atoms. The van der Waals surface area contributed by atoms with Gasteiger partial charge in [-0.25, -0.2) is 0 Å². The predicted molar refractivity (Wildman–Crippen MR) is 80.4 cm³/mol. The minimum Gasteiger partial charge on any atom is -0.496 e. The lowest BCUT2D eigenvalue weighted by Gasteiger charge is -2.42. The van der Waals surface area contributed by atoms with Crippen LogP contribution in [0.1, 0.15) is 56.7 Å². The highest BCUT2D eigenvalue weighted by Crippen LogP contribution is 2.46. The standard InChI is InChI=1S/C17H27NO/c1-12-11-13(8-9-15(12)19-4)16(18)14-7-5-6-10-17(14,2)3/h8-9,11,14,16H,5-7,10,18H2,1-4H3. The lowest BCUT2D eigenvalue weighted by Crippen LogP contribution is -2.36. The van der Waals surface area contributed by atoms with Crippen LogP contribution in [0.15, 0.2) is 18.2 Å². The Kier molecular flexibility index (Phi) is 4.19. The zero-order chi connectivity index (χ0) is 14.0. The van der Waals surface area contributed by atoms with Crippen LogP contribution < -0.4 is 10.5 Å². The number of nitrogens with two attached hydrogens (primary N) is 1. The molecule has 2 rings (SSSR count). The topological polar surface area (TPSA) is 35.2 Å². The van der Waals surface area contributed by atoms with Gasteiger partial charge in [0.25, 0.3) is 0 Å². The van der Waals surface area contributed by atoms with Crippen molar-refractivity contribution < 1.29 is 4.74 Å². The average molecular weight is 261 g/mol. The van der Waals surface area contributed by atoms with Gasteiger partial charge in [-0.05, 0) is 48.3 Å². The Hall–Kier alpha value is -1.02. The SMILES string of the molecule is COc1ccc(C(N)C2CCCCC2(C)C)cc1C. The largest absolute Gasteiger partial charge is 0.496 e. The number of hydrogen-bond donors (Lipinski definition) is 1. The first-order chi connectivity index (χ1) is 8.95. The molecular weight excluding hydrogens is 234 g/mol. The number of ether oxygens (including phenoxy) is 1. The average Bonchev–Trinajstić information content (AvgIpc) is 2.37. The first-order valence-electron chi connectivity index (χ1n) is 7.36. The fourth-order valence-electron chi connectivity index (χ4n) is 3.53. The van der Waals surface area contributed by atoms with Crippen LogP contribution in [0.5, 0.6) is 5.75 Å². The van der Waals surface area contributed by atoms with Crippen LogP contribution in [0.3, 0.4) is 0 Å². The predicted octanol–water partition coefficient (Wildman–Crippen LogP) is 4.22. The molecule has 0 heterocycles. The van der Waals surface area contributed by atoms with Crippen molar-refractivity contribution in [3.8, 4) is 5.75 Å². The summed E-state index contributed by atoms with van der Waals surface area (Å²) in [5.41, 5.74) is 9.34. The van der Waals surface area contributed by atoms with Crippen LogP contribution in [0, 0.1) is 18.3 Å². The smallest absolute Gasteiger partial charge is 0.121 e. The van der Waals surface area contributed by atoms with E-state index in [-0.39, 0.29) is 6.04 Å². The zero-order valence-corrected chi connectivity index (χ0v) is 12.7. The molecule has 0 bridgehead atoms. The number of methoxy groups -OCH3 is 1. The van der Waals surface area contributed by atoms with Crippen LogP contribution >= 0.6 is 0 Å². The van der Waals surface area contributed by atoms with Crippen LogP contribution in [0.4, 0.5) is 0 Å². The number of hydrogen-bond acceptors (Lipinski definition) is 2. The molecule has 0 saturated heterocycles. The molecular formula is C17H27NO. The van der Waals surface area contributed by atoms with Crippen molar-refractivity contribution >= 4 is 0 Å². The normalized spacial score (nSPS) is 23.9. The highest BCUT2D eigenvalue weighted by Gasteiger charge is 2.36. The van der Waals surface area contributed by atoms with Gasteiger partial charge in [0, 0.05) is 6.04 Å². The van der Waals surface area contributed by atoms with E-state index >= 15 is 0 Å². The van der Waals surface area contributed by atoms with Gasteiger partial charge in [0.1, 0.15) is 5.75 Å². The molecule has 1 aliphatic carbocycles. The second-order valence-electron chi connectivity index (χ2n) is 6.60. The molecule has 106 valence electrons. The number of aryl methyl sites for hydroxylation is 1. The minimum atomic E-state index is 0.139. The summed E-state index contributed by atoms with van der Waals surface area (Å²) < 4.78 is 5.33. The third-order valence-electron chi connectivity index (χ3n) is 4.83. The van der Waals surface area contributed by atoms with Crippen LogP contribution in [-0.4, -0.2) is 7.11 Å². The maximum absolute atomic E-state index is 6.56. The van der Waals surface area contributed by atoms with E-state index in [0.29, 0.717) is 11.3 Å². The molecule has 0 aromatic heterocycles. The van der Waals surface area contributed by atoms with E-state index in [0.717, 1.165) is 5.75 Å². The molecule has 1 fully saturated rings. The Morgan fingerprint density at radius 1 is 1.32 bits per heavy atom. The molecule has 0 radical (unpaired) electrons. The van der Waals surface area contributed by atoms with Gasteiger partial charge in [-0.15, -0.1) is 0 Å². The van der Waals surface area contributed by atoms with Gasteiger partial charge in [-0.2, -0.15) is 0 Å². The highest BCUT2D eigenvalue weighted by atomic mass is 16.5. The zero-order valence-electron chi connectivity index (χ0n) is 12.7. The first-order valence-corrected chi connectivity index (χ1v) is 7.36. The third-order valence-corrected chi connectivity index (χ3v) is 4.83. The minimum absolute atomic E-state index is 0.139. The molecule has 2 N–H and O–H groups in total. The van der Waals surface area contributed by atoms with Crippen LogP contribution in [-0.2, 0) is 0 Å². The lowest BCUT2D eigenvalue weighted by atomic mass is 9.65. The monoisotopic (exact) mass is 261 g/mol. The Morgan fingerprint density at radius 3 is 2.63 bits per heavy atom. The Bertz CT molecular complexity index is 439. The molecule has 0 amide bonds. The second-order valence-corrected chi connectivity index (χ2v) is 6.60. The summed E-state index contributed by atoms with van der Waals surface area (Å²) in [6, 6.07) is 6.50. The Labute approximate surface area is 117 Å². The molecule has 0 aliphatic heterocycles. The third kappa shape index (κ3) is 2.94. The molecule has 2 heteroatoms. The molecule has 1 aliphatic rings. The van der Waals surface area contributed by atoms with E-state index in [2.05, 4.69) is 32.9 Å². The van der Waals surface area contributed by atoms with Gasteiger partial charge >= 0.3 is 0 Å². The van der Waals surface area contributed by atoms with Crippen molar-refractivity contribution in [1.29, 1.82) is 0 Å². The Morgan fingerprint density at radius 2 is 2.05 bits per heavy atom. The van der Waals surface area contributed by atoms with Gasteiger partial charge < -0.3 is 10.5 Å². The second kappa shape index (κ2) is 5.54. The van der Waals surface area contributed by atoms with E-state index in [1.54, 1.807) is 7.11 Å². The fourth-order valence-corrected chi connectivity index (χ4v) is 3.53. The highest BCUT2D eigenvalue weighted by molar-refractivity contribution is 5.37.